The molecule has 0 spiro atoms. The molecule has 1 aromatic rings. The van der Waals surface area contributed by atoms with Crippen molar-refractivity contribution in [2.45, 2.75) is 52.5 Å². The van der Waals surface area contributed by atoms with Gasteiger partial charge in [0, 0.05) is 25.3 Å². The van der Waals surface area contributed by atoms with Gasteiger partial charge >= 0.3 is 0 Å². The van der Waals surface area contributed by atoms with E-state index in [1.54, 1.807) is 0 Å². The minimum atomic E-state index is 0.387. The van der Waals surface area contributed by atoms with Gasteiger partial charge in [-0.25, -0.2) is 4.98 Å². The van der Waals surface area contributed by atoms with Gasteiger partial charge < -0.3 is 10.2 Å². The summed E-state index contributed by atoms with van der Waals surface area (Å²) in [6.07, 6.45) is 7.40. The van der Waals surface area contributed by atoms with Crippen LogP contribution in [0.15, 0.2) is 18.3 Å². The molecule has 1 saturated carbocycles. The van der Waals surface area contributed by atoms with Crippen molar-refractivity contribution in [2.75, 3.05) is 24.5 Å². The molecule has 0 aromatic carbocycles. The Labute approximate surface area is 123 Å². The molecule has 1 fully saturated rings. The molecule has 0 bridgehead atoms. The maximum Gasteiger partial charge on any atom is 0.128 e. The lowest BCUT2D eigenvalue weighted by molar-refractivity contribution is 0.318. The van der Waals surface area contributed by atoms with Crippen molar-refractivity contribution in [1.29, 1.82) is 0 Å². The van der Waals surface area contributed by atoms with Gasteiger partial charge in [0.05, 0.1) is 0 Å². The fourth-order valence-electron chi connectivity index (χ4n) is 2.69. The molecule has 1 aliphatic carbocycles. The average Bonchev–Trinajstić information content (AvgIpc) is 2.44. The van der Waals surface area contributed by atoms with Gasteiger partial charge in [0.2, 0.25) is 0 Å². The molecule has 2 rings (SSSR count). The van der Waals surface area contributed by atoms with Gasteiger partial charge in [-0.3, -0.25) is 0 Å². The Hall–Kier alpha value is -1.09. The van der Waals surface area contributed by atoms with Gasteiger partial charge in [-0.15, -0.1) is 0 Å². The quantitative estimate of drug-likeness (QED) is 0.783. The van der Waals surface area contributed by atoms with Gasteiger partial charge in [-0.2, -0.15) is 0 Å². The van der Waals surface area contributed by atoms with Crippen LogP contribution in [0.25, 0.3) is 0 Å². The first kappa shape index (κ1) is 15.3. The monoisotopic (exact) mass is 275 g/mol. The number of anilines is 1. The van der Waals surface area contributed by atoms with Crippen LogP contribution in [0.4, 0.5) is 5.82 Å². The zero-order valence-electron chi connectivity index (χ0n) is 13.2. The molecule has 112 valence electrons. The topological polar surface area (TPSA) is 28.2 Å². The second-order valence-electron chi connectivity index (χ2n) is 5.96. The summed E-state index contributed by atoms with van der Waals surface area (Å²) in [5.41, 5.74) is 1.28. The van der Waals surface area contributed by atoms with Crippen LogP contribution in [0, 0.1) is 5.92 Å². The molecule has 0 amide bonds. The van der Waals surface area contributed by atoms with Gasteiger partial charge in [-0.05, 0) is 57.2 Å². The van der Waals surface area contributed by atoms with E-state index in [1.165, 1.54) is 37.8 Å². The zero-order valence-corrected chi connectivity index (χ0v) is 13.2. The average molecular weight is 275 g/mol. The molecule has 0 saturated heterocycles. The van der Waals surface area contributed by atoms with Crippen molar-refractivity contribution in [3.05, 3.63) is 23.9 Å². The highest BCUT2D eigenvalue weighted by molar-refractivity contribution is 5.39. The van der Waals surface area contributed by atoms with Crippen molar-refractivity contribution in [2.24, 2.45) is 5.92 Å². The molecule has 1 atom stereocenters. The van der Waals surface area contributed by atoms with E-state index >= 15 is 0 Å². The fourth-order valence-corrected chi connectivity index (χ4v) is 2.69. The molecule has 1 heterocycles. The molecule has 3 nitrogen and oxygen atoms in total. The summed E-state index contributed by atoms with van der Waals surface area (Å²) in [5, 5.41) is 3.51. The van der Waals surface area contributed by atoms with Gasteiger partial charge in [0.1, 0.15) is 5.82 Å². The summed E-state index contributed by atoms with van der Waals surface area (Å²) in [6.45, 7) is 9.91. The summed E-state index contributed by atoms with van der Waals surface area (Å²) in [5.74, 6) is 2.02. The second kappa shape index (κ2) is 7.63. The van der Waals surface area contributed by atoms with Crippen molar-refractivity contribution in [1.82, 2.24) is 10.3 Å². The Kier molecular flexibility index (Phi) is 5.84. The third-order valence-corrected chi connectivity index (χ3v) is 4.38. The molecule has 1 N–H and O–H groups in total. The third kappa shape index (κ3) is 3.95. The third-order valence-electron chi connectivity index (χ3n) is 4.38. The zero-order chi connectivity index (χ0) is 14.4. The Morgan fingerprint density at radius 1 is 1.35 bits per heavy atom. The maximum atomic E-state index is 4.68. The minimum Gasteiger partial charge on any atom is -0.357 e. The molecule has 1 aliphatic rings. The van der Waals surface area contributed by atoms with Crippen LogP contribution in [0.2, 0.25) is 0 Å². The second-order valence-corrected chi connectivity index (χ2v) is 5.96. The largest absolute Gasteiger partial charge is 0.357 e. The first-order valence-electron chi connectivity index (χ1n) is 8.18. The SMILES string of the molecule is CCCNC(C)c1ccc(N(CC)CC2CCC2)nc1. The van der Waals surface area contributed by atoms with Crippen LogP contribution in [0.1, 0.15) is 58.1 Å². The lowest BCUT2D eigenvalue weighted by atomic mass is 9.85. The standard InChI is InChI=1S/C17H29N3/c1-4-11-18-14(3)16-9-10-17(19-12-16)20(5-2)13-15-7-6-8-15/h9-10,12,14-15,18H,4-8,11,13H2,1-3H3. The summed E-state index contributed by atoms with van der Waals surface area (Å²) < 4.78 is 0. The van der Waals surface area contributed by atoms with Crippen LogP contribution in [0.3, 0.4) is 0 Å². The smallest absolute Gasteiger partial charge is 0.128 e. The lowest BCUT2D eigenvalue weighted by Crippen LogP contribution is -2.33. The van der Waals surface area contributed by atoms with E-state index in [2.05, 4.69) is 48.1 Å². The van der Waals surface area contributed by atoms with Gasteiger partial charge in [-0.1, -0.05) is 19.4 Å². The maximum absolute atomic E-state index is 4.68. The van der Waals surface area contributed by atoms with Crippen LogP contribution >= 0.6 is 0 Å². The van der Waals surface area contributed by atoms with Gasteiger partial charge in [0.25, 0.3) is 0 Å². The Balaban J connectivity index is 1.94. The summed E-state index contributed by atoms with van der Waals surface area (Å²) >= 11 is 0. The Morgan fingerprint density at radius 2 is 2.15 bits per heavy atom. The number of rotatable bonds is 8. The van der Waals surface area contributed by atoms with Crippen LogP contribution in [0.5, 0.6) is 0 Å². The fraction of sp³-hybridized carbons (Fsp3) is 0.706. The van der Waals surface area contributed by atoms with E-state index in [1.807, 2.05) is 6.20 Å². The number of hydrogen-bond acceptors (Lipinski definition) is 3. The van der Waals surface area contributed by atoms with Crippen molar-refractivity contribution in [3.63, 3.8) is 0 Å². The number of hydrogen-bond donors (Lipinski definition) is 1. The predicted molar refractivity (Wildman–Crippen MR) is 86.2 cm³/mol. The first-order valence-corrected chi connectivity index (χ1v) is 8.18. The number of pyridine rings is 1. The van der Waals surface area contributed by atoms with Gasteiger partial charge in [0.15, 0.2) is 0 Å². The Morgan fingerprint density at radius 3 is 2.65 bits per heavy atom. The molecule has 0 aliphatic heterocycles. The highest BCUT2D eigenvalue weighted by Crippen LogP contribution is 2.28. The van der Waals surface area contributed by atoms with E-state index in [0.717, 1.165) is 24.8 Å². The van der Waals surface area contributed by atoms with Crippen LogP contribution < -0.4 is 10.2 Å². The van der Waals surface area contributed by atoms with Crippen molar-refractivity contribution >= 4 is 5.82 Å². The van der Waals surface area contributed by atoms with Crippen molar-refractivity contribution in [3.8, 4) is 0 Å². The summed E-state index contributed by atoms with van der Waals surface area (Å²) in [7, 11) is 0. The van der Waals surface area contributed by atoms with E-state index < -0.39 is 0 Å². The van der Waals surface area contributed by atoms with E-state index in [-0.39, 0.29) is 0 Å². The van der Waals surface area contributed by atoms with E-state index in [4.69, 9.17) is 0 Å². The molecule has 1 aromatic heterocycles. The predicted octanol–water partition coefficient (Wildman–Crippen LogP) is 3.77. The molecule has 3 heteroatoms. The highest BCUT2D eigenvalue weighted by Gasteiger charge is 2.20. The van der Waals surface area contributed by atoms with Crippen LogP contribution in [-0.2, 0) is 0 Å². The molecule has 20 heavy (non-hydrogen) atoms. The van der Waals surface area contributed by atoms with E-state index in [9.17, 15) is 0 Å². The number of nitrogens with one attached hydrogen (secondary N) is 1. The Bertz CT molecular complexity index is 384. The van der Waals surface area contributed by atoms with E-state index in [0.29, 0.717) is 6.04 Å². The lowest BCUT2D eigenvalue weighted by Gasteiger charge is -2.32. The number of nitrogens with zero attached hydrogens (tertiary/aromatic N) is 2. The summed E-state index contributed by atoms with van der Waals surface area (Å²) in [6, 6.07) is 4.79. The first-order chi connectivity index (χ1) is 9.74. The molecule has 1 unspecified atom stereocenters. The minimum absolute atomic E-state index is 0.387. The molecule has 0 radical (unpaired) electrons. The van der Waals surface area contributed by atoms with Crippen molar-refractivity contribution < 1.29 is 0 Å². The normalized spacial score (nSPS) is 16.8. The molecular weight excluding hydrogens is 246 g/mol. The molecular formula is C17H29N3. The highest BCUT2D eigenvalue weighted by atomic mass is 15.2. The van der Waals surface area contributed by atoms with Crippen LogP contribution in [-0.4, -0.2) is 24.6 Å². The number of aromatic nitrogens is 1. The summed E-state index contributed by atoms with van der Waals surface area (Å²) in [4.78, 5) is 7.09.